The van der Waals surface area contributed by atoms with Crippen molar-refractivity contribution in [3.8, 4) is 0 Å². The topological polar surface area (TPSA) is 55.4 Å². The van der Waals surface area contributed by atoms with E-state index >= 15 is 0 Å². The Hall–Kier alpha value is -1.98. The third-order valence-electron chi connectivity index (χ3n) is 3.17. The standard InChI is InChI=1S/C13H13F2NO3/c1-6-3-7(6)12(17)16-11-4-8(13(18)19-2)9(14)5-10(11)15/h4-7H,3H2,1-2H3,(H,16,17). The summed E-state index contributed by atoms with van der Waals surface area (Å²) in [5.74, 6) is -3.08. The highest BCUT2D eigenvalue weighted by molar-refractivity contribution is 5.96. The maximum Gasteiger partial charge on any atom is 0.340 e. The van der Waals surface area contributed by atoms with E-state index in [1.165, 1.54) is 0 Å². The minimum atomic E-state index is -1.03. The molecule has 19 heavy (non-hydrogen) atoms. The summed E-state index contributed by atoms with van der Waals surface area (Å²) in [7, 11) is 1.09. The minimum Gasteiger partial charge on any atom is -0.465 e. The van der Waals surface area contributed by atoms with Crippen molar-refractivity contribution < 1.29 is 23.1 Å². The predicted molar refractivity (Wildman–Crippen MR) is 63.6 cm³/mol. The summed E-state index contributed by atoms with van der Waals surface area (Å²) in [6.07, 6.45) is 0.749. The fourth-order valence-electron chi connectivity index (χ4n) is 1.82. The smallest absolute Gasteiger partial charge is 0.340 e. The van der Waals surface area contributed by atoms with Crippen molar-refractivity contribution in [3.05, 3.63) is 29.3 Å². The van der Waals surface area contributed by atoms with Gasteiger partial charge in [0.2, 0.25) is 5.91 Å². The Morgan fingerprint density at radius 3 is 2.47 bits per heavy atom. The first-order chi connectivity index (χ1) is 8.93. The van der Waals surface area contributed by atoms with E-state index in [-0.39, 0.29) is 23.4 Å². The summed E-state index contributed by atoms with van der Waals surface area (Å²) in [5.41, 5.74) is -0.631. The van der Waals surface area contributed by atoms with E-state index in [1.54, 1.807) is 0 Å². The van der Waals surface area contributed by atoms with Crippen molar-refractivity contribution in [1.82, 2.24) is 0 Å². The van der Waals surface area contributed by atoms with Crippen LogP contribution in [0.25, 0.3) is 0 Å². The number of esters is 1. The van der Waals surface area contributed by atoms with E-state index < -0.39 is 23.2 Å². The molecule has 0 bridgehead atoms. The third kappa shape index (κ3) is 2.72. The number of halogens is 2. The monoisotopic (exact) mass is 269 g/mol. The molecule has 2 rings (SSSR count). The van der Waals surface area contributed by atoms with Gasteiger partial charge < -0.3 is 10.1 Å². The van der Waals surface area contributed by atoms with Crippen LogP contribution in [-0.4, -0.2) is 19.0 Å². The summed E-state index contributed by atoms with van der Waals surface area (Å²) in [6.45, 7) is 1.91. The first kappa shape index (κ1) is 13.5. The molecule has 1 N–H and O–H groups in total. The Bertz CT molecular complexity index is 545. The number of anilines is 1. The minimum absolute atomic E-state index is 0.147. The van der Waals surface area contributed by atoms with E-state index in [4.69, 9.17) is 0 Å². The van der Waals surface area contributed by atoms with Gasteiger partial charge >= 0.3 is 5.97 Å². The van der Waals surface area contributed by atoms with Gasteiger partial charge in [0.1, 0.15) is 11.6 Å². The molecule has 6 heteroatoms. The number of benzene rings is 1. The van der Waals surface area contributed by atoms with Gasteiger partial charge in [-0.1, -0.05) is 6.92 Å². The van der Waals surface area contributed by atoms with E-state index in [1.807, 2.05) is 6.92 Å². The van der Waals surface area contributed by atoms with E-state index in [0.717, 1.165) is 19.6 Å². The van der Waals surface area contributed by atoms with Gasteiger partial charge in [0.25, 0.3) is 0 Å². The zero-order valence-corrected chi connectivity index (χ0v) is 10.5. The van der Waals surface area contributed by atoms with Crippen molar-refractivity contribution in [2.75, 3.05) is 12.4 Å². The number of carbonyl (C=O) groups is 2. The number of amides is 1. The fourth-order valence-corrected chi connectivity index (χ4v) is 1.82. The van der Waals surface area contributed by atoms with Gasteiger partial charge in [-0.05, 0) is 18.4 Å². The second kappa shape index (κ2) is 4.95. The number of hydrogen-bond acceptors (Lipinski definition) is 3. The molecule has 0 saturated heterocycles. The molecule has 102 valence electrons. The third-order valence-corrected chi connectivity index (χ3v) is 3.17. The van der Waals surface area contributed by atoms with Crippen LogP contribution >= 0.6 is 0 Å². The molecular weight excluding hydrogens is 256 g/mol. The van der Waals surface area contributed by atoms with Crippen molar-refractivity contribution in [1.29, 1.82) is 0 Å². The van der Waals surface area contributed by atoms with Crippen LogP contribution < -0.4 is 5.32 Å². The molecule has 0 aromatic heterocycles. The number of rotatable bonds is 3. The molecule has 0 radical (unpaired) electrons. The van der Waals surface area contributed by atoms with Crippen LogP contribution in [0.4, 0.5) is 14.5 Å². The van der Waals surface area contributed by atoms with Crippen molar-refractivity contribution in [3.63, 3.8) is 0 Å². The zero-order chi connectivity index (χ0) is 14.2. The Morgan fingerprint density at radius 1 is 1.32 bits per heavy atom. The van der Waals surface area contributed by atoms with Crippen molar-refractivity contribution >= 4 is 17.6 Å². The van der Waals surface area contributed by atoms with E-state index in [2.05, 4.69) is 10.1 Å². The van der Waals surface area contributed by atoms with Gasteiger partial charge in [0, 0.05) is 12.0 Å². The number of carbonyl (C=O) groups excluding carboxylic acids is 2. The van der Waals surface area contributed by atoms with Crippen LogP contribution in [0.3, 0.4) is 0 Å². The second-order valence-electron chi connectivity index (χ2n) is 4.61. The number of methoxy groups -OCH3 is 1. The number of nitrogens with one attached hydrogen (secondary N) is 1. The summed E-state index contributed by atoms with van der Waals surface area (Å²) in [5, 5.41) is 2.36. The summed E-state index contributed by atoms with van der Waals surface area (Å²) in [4.78, 5) is 23.0. The van der Waals surface area contributed by atoms with Gasteiger partial charge in [-0.25, -0.2) is 13.6 Å². The number of ether oxygens (including phenoxy) is 1. The molecule has 2 unspecified atom stereocenters. The zero-order valence-electron chi connectivity index (χ0n) is 10.5. The lowest BCUT2D eigenvalue weighted by atomic mass is 10.1. The van der Waals surface area contributed by atoms with Gasteiger partial charge in [0.15, 0.2) is 0 Å². The van der Waals surface area contributed by atoms with Crippen LogP contribution in [0.15, 0.2) is 12.1 Å². The molecule has 1 amide bonds. The molecule has 1 aliphatic carbocycles. The molecule has 1 aromatic rings. The lowest BCUT2D eigenvalue weighted by Gasteiger charge is -2.08. The van der Waals surface area contributed by atoms with Crippen LogP contribution in [0.5, 0.6) is 0 Å². The SMILES string of the molecule is COC(=O)c1cc(NC(=O)C2CC2C)c(F)cc1F. The first-order valence-electron chi connectivity index (χ1n) is 5.82. The molecular formula is C13H13F2NO3. The number of hydrogen-bond donors (Lipinski definition) is 1. The highest BCUT2D eigenvalue weighted by atomic mass is 19.1. The molecule has 0 heterocycles. The molecule has 0 aliphatic heterocycles. The Kier molecular flexibility index (Phi) is 3.50. The van der Waals surface area contributed by atoms with Gasteiger partial charge in [-0.3, -0.25) is 4.79 Å². The van der Waals surface area contributed by atoms with Crippen LogP contribution in [0.2, 0.25) is 0 Å². The maximum absolute atomic E-state index is 13.5. The molecule has 4 nitrogen and oxygen atoms in total. The maximum atomic E-state index is 13.5. The second-order valence-corrected chi connectivity index (χ2v) is 4.61. The lowest BCUT2D eigenvalue weighted by molar-refractivity contribution is -0.117. The molecule has 1 aliphatic rings. The van der Waals surface area contributed by atoms with Crippen LogP contribution in [0, 0.1) is 23.5 Å². The quantitative estimate of drug-likeness (QED) is 0.857. The Morgan fingerprint density at radius 2 is 1.95 bits per heavy atom. The summed E-state index contributed by atoms with van der Waals surface area (Å²) < 4.78 is 31.3. The van der Waals surface area contributed by atoms with Crippen LogP contribution in [0.1, 0.15) is 23.7 Å². The highest BCUT2D eigenvalue weighted by Gasteiger charge is 2.39. The molecule has 1 saturated carbocycles. The molecule has 1 fully saturated rings. The summed E-state index contributed by atoms with van der Waals surface area (Å²) in [6, 6.07) is 1.50. The average Bonchev–Trinajstić information content (AvgIpc) is 3.09. The Labute approximate surface area is 108 Å². The predicted octanol–water partition coefficient (Wildman–Crippen LogP) is 2.35. The summed E-state index contributed by atoms with van der Waals surface area (Å²) >= 11 is 0. The average molecular weight is 269 g/mol. The molecule has 1 aromatic carbocycles. The molecule has 0 spiro atoms. The van der Waals surface area contributed by atoms with E-state index in [9.17, 15) is 18.4 Å². The largest absolute Gasteiger partial charge is 0.465 e. The van der Waals surface area contributed by atoms with Crippen molar-refractivity contribution in [2.45, 2.75) is 13.3 Å². The Balaban J connectivity index is 2.24. The fraction of sp³-hybridized carbons (Fsp3) is 0.385. The normalized spacial score (nSPS) is 20.8. The lowest BCUT2D eigenvalue weighted by Crippen LogP contribution is -2.16. The van der Waals surface area contributed by atoms with Gasteiger partial charge in [0.05, 0.1) is 18.4 Å². The first-order valence-corrected chi connectivity index (χ1v) is 5.82. The highest BCUT2D eigenvalue weighted by Crippen LogP contribution is 2.38. The molecule has 2 atom stereocenters. The van der Waals surface area contributed by atoms with Crippen molar-refractivity contribution in [2.24, 2.45) is 11.8 Å². The van der Waals surface area contributed by atoms with Gasteiger partial charge in [-0.15, -0.1) is 0 Å². The van der Waals surface area contributed by atoms with E-state index in [0.29, 0.717) is 6.07 Å². The van der Waals surface area contributed by atoms with Gasteiger partial charge in [-0.2, -0.15) is 0 Å². The van der Waals surface area contributed by atoms with Crippen LogP contribution in [-0.2, 0) is 9.53 Å².